The second-order valence-electron chi connectivity index (χ2n) is 2.30. The van der Waals surface area contributed by atoms with Crippen molar-refractivity contribution in [3.63, 3.8) is 0 Å². The van der Waals surface area contributed by atoms with Gasteiger partial charge in [0.05, 0.1) is 4.92 Å². The van der Waals surface area contributed by atoms with E-state index in [0.717, 1.165) is 12.1 Å². The first-order chi connectivity index (χ1) is 6.38. The van der Waals surface area contributed by atoms with E-state index < -0.39 is 10.4 Å². The smallest absolute Gasteiger partial charge is 0.258 e. The van der Waals surface area contributed by atoms with Crippen molar-refractivity contribution in [2.24, 2.45) is 0 Å². The lowest BCUT2D eigenvalue weighted by atomic mass is 10.3. The maximum absolute atomic E-state index is 11.9. The van der Waals surface area contributed by atoms with Gasteiger partial charge in [0, 0.05) is 17.0 Å². The van der Waals surface area contributed by atoms with Gasteiger partial charge in [0.2, 0.25) is 0 Å². The quantitative estimate of drug-likeness (QED) is 0.439. The Kier molecular flexibility index (Phi) is 3.00. The van der Waals surface area contributed by atoms with Gasteiger partial charge in [-0.05, 0) is 17.8 Å². The first kappa shape index (κ1) is 10.8. The lowest BCUT2D eigenvalue weighted by Crippen LogP contribution is -1.99. The number of rotatable bonds is 2. The molecule has 1 rings (SSSR count). The number of non-ortho nitro benzene ring substituents is 1. The van der Waals surface area contributed by atoms with Gasteiger partial charge in [0.25, 0.3) is 5.69 Å². The first-order valence-corrected chi connectivity index (χ1v) is 4.20. The molecule has 3 nitrogen and oxygen atoms in total. The predicted molar refractivity (Wildman–Crippen MR) is 45.0 cm³/mol. The van der Waals surface area contributed by atoms with Crippen molar-refractivity contribution < 1.29 is 18.1 Å². The van der Waals surface area contributed by atoms with Crippen molar-refractivity contribution in [2.45, 2.75) is 10.4 Å². The highest BCUT2D eigenvalue weighted by Gasteiger charge is 2.29. The van der Waals surface area contributed by atoms with Gasteiger partial charge in [-0.15, -0.1) is 0 Å². The molecule has 7 heteroatoms. The number of halogens is 3. The van der Waals surface area contributed by atoms with Crippen LogP contribution in [-0.4, -0.2) is 10.4 Å². The zero-order valence-electron chi connectivity index (χ0n) is 6.62. The van der Waals surface area contributed by atoms with Gasteiger partial charge in [0.15, 0.2) is 0 Å². The minimum atomic E-state index is -4.42. The Hall–Kier alpha value is -1.24. The van der Waals surface area contributed by atoms with Crippen molar-refractivity contribution in [1.82, 2.24) is 0 Å². The van der Waals surface area contributed by atoms with E-state index >= 15 is 0 Å². The minimum absolute atomic E-state index is 0.188. The van der Waals surface area contributed by atoms with Gasteiger partial charge in [-0.1, -0.05) is 6.07 Å². The molecule has 0 aromatic heterocycles. The molecule has 0 fully saturated rings. The van der Waals surface area contributed by atoms with E-state index in [0.29, 0.717) is 0 Å². The minimum Gasteiger partial charge on any atom is -0.258 e. The van der Waals surface area contributed by atoms with E-state index in [1.165, 1.54) is 12.1 Å². The third-order valence-electron chi connectivity index (χ3n) is 1.26. The van der Waals surface area contributed by atoms with Gasteiger partial charge in [-0.25, -0.2) is 0 Å². The summed E-state index contributed by atoms with van der Waals surface area (Å²) in [4.78, 5) is 9.31. The Morgan fingerprint density at radius 2 is 2.00 bits per heavy atom. The lowest BCUT2D eigenvalue weighted by Gasteiger charge is -2.04. The number of thioether (sulfide) groups is 1. The van der Waals surface area contributed by atoms with Crippen molar-refractivity contribution >= 4 is 17.4 Å². The van der Waals surface area contributed by atoms with Crippen molar-refractivity contribution in [3.8, 4) is 0 Å². The number of benzene rings is 1. The Bertz CT molecular complexity index is 353. The molecule has 76 valence electrons. The van der Waals surface area contributed by atoms with Gasteiger partial charge in [0.1, 0.15) is 0 Å². The van der Waals surface area contributed by atoms with Gasteiger partial charge in [-0.3, -0.25) is 10.1 Å². The van der Waals surface area contributed by atoms with Crippen LogP contribution in [0.3, 0.4) is 0 Å². The second kappa shape index (κ2) is 3.87. The summed E-state index contributed by atoms with van der Waals surface area (Å²) in [5, 5.41) is 10.2. The van der Waals surface area contributed by atoms with Crippen LogP contribution in [0.25, 0.3) is 0 Å². The molecule has 1 aromatic rings. The second-order valence-corrected chi connectivity index (χ2v) is 3.44. The van der Waals surface area contributed by atoms with Crippen LogP contribution in [0.4, 0.5) is 18.9 Å². The molecular formula is C7H4F3NO2S. The first-order valence-electron chi connectivity index (χ1n) is 3.39. The molecule has 0 spiro atoms. The molecular weight excluding hydrogens is 219 g/mol. The molecule has 0 amide bonds. The highest BCUT2D eigenvalue weighted by atomic mass is 32.2. The molecule has 0 radical (unpaired) electrons. The molecule has 14 heavy (non-hydrogen) atoms. The maximum Gasteiger partial charge on any atom is 0.446 e. The van der Waals surface area contributed by atoms with E-state index in [-0.39, 0.29) is 22.3 Å². The molecule has 0 unspecified atom stereocenters. The monoisotopic (exact) mass is 223 g/mol. The van der Waals surface area contributed by atoms with Crippen LogP contribution < -0.4 is 0 Å². The molecule has 0 aliphatic carbocycles. The number of alkyl halides is 3. The Labute approximate surface area is 81.1 Å². The molecule has 0 atom stereocenters. The van der Waals surface area contributed by atoms with Gasteiger partial charge < -0.3 is 0 Å². The topological polar surface area (TPSA) is 43.1 Å². The molecule has 0 saturated carbocycles. The van der Waals surface area contributed by atoms with E-state index in [2.05, 4.69) is 0 Å². The molecule has 0 N–H and O–H groups in total. The summed E-state index contributed by atoms with van der Waals surface area (Å²) >= 11 is -0.372. The Morgan fingerprint density at radius 3 is 2.50 bits per heavy atom. The molecule has 0 aliphatic heterocycles. The van der Waals surface area contributed by atoms with Crippen LogP contribution in [0, 0.1) is 10.1 Å². The fraction of sp³-hybridized carbons (Fsp3) is 0.143. The number of nitro groups is 1. The van der Waals surface area contributed by atoms with E-state index in [1.54, 1.807) is 0 Å². The van der Waals surface area contributed by atoms with Crippen LogP contribution in [0.5, 0.6) is 0 Å². The number of hydrogen-bond donors (Lipinski definition) is 0. The Morgan fingerprint density at radius 1 is 1.36 bits per heavy atom. The fourth-order valence-corrected chi connectivity index (χ4v) is 1.39. The SMILES string of the molecule is O=[N+]([O-])c1cccc(SC(F)(F)F)c1. The summed E-state index contributed by atoms with van der Waals surface area (Å²) in [6.07, 6.45) is 0. The maximum atomic E-state index is 11.9. The lowest BCUT2D eigenvalue weighted by molar-refractivity contribution is -0.385. The fourth-order valence-electron chi connectivity index (χ4n) is 0.794. The normalized spacial score (nSPS) is 11.4. The van der Waals surface area contributed by atoms with Gasteiger partial charge in [-0.2, -0.15) is 13.2 Å². The predicted octanol–water partition coefficient (Wildman–Crippen LogP) is 3.21. The van der Waals surface area contributed by atoms with Crippen LogP contribution in [-0.2, 0) is 0 Å². The van der Waals surface area contributed by atoms with Crippen LogP contribution in [0.15, 0.2) is 29.2 Å². The summed E-state index contributed by atoms with van der Waals surface area (Å²) in [7, 11) is 0. The molecule has 0 heterocycles. The largest absolute Gasteiger partial charge is 0.446 e. The highest BCUT2D eigenvalue weighted by molar-refractivity contribution is 8.00. The van der Waals surface area contributed by atoms with Crippen LogP contribution in [0.1, 0.15) is 0 Å². The van der Waals surface area contributed by atoms with Crippen LogP contribution in [0.2, 0.25) is 0 Å². The summed E-state index contributed by atoms with van der Waals surface area (Å²) in [6, 6.07) is 4.41. The highest BCUT2D eigenvalue weighted by Crippen LogP contribution is 2.37. The number of nitro benzene ring substituents is 1. The molecule has 0 saturated heterocycles. The summed E-state index contributed by atoms with van der Waals surface area (Å²) in [5.41, 5.74) is -4.77. The van der Waals surface area contributed by atoms with Crippen molar-refractivity contribution in [1.29, 1.82) is 0 Å². The van der Waals surface area contributed by atoms with E-state index in [9.17, 15) is 23.3 Å². The average molecular weight is 223 g/mol. The average Bonchev–Trinajstić information content (AvgIpc) is 2.01. The van der Waals surface area contributed by atoms with Crippen molar-refractivity contribution in [3.05, 3.63) is 34.4 Å². The zero-order valence-corrected chi connectivity index (χ0v) is 7.43. The van der Waals surface area contributed by atoms with Gasteiger partial charge >= 0.3 is 5.51 Å². The van der Waals surface area contributed by atoms with Crippen molar-refractivity contribution in [2.75, 3.05) is 0 Å². The Balaban J connectivity index is 2.89. The number of hydrogen-bond acceptors (Lipinski definition) is 3. The third-order valence-corrected chi connectivity index (χ3v) is 1.98. The summed E-state index contributed by atoms with van der Waals surface area (Å²) in [6.45, 7) is 0. The third kappa shape index (κ3) is 3.25. The van der Waals surface area contributed by atoms with E-state index in [4.69, 9.17) is 0 Å². The molecule has 0 bridgehead atoms. The molecule has 0 aliphatic rings. The van der Waals surface area contributed by atoms with Crippen LogP contribution >= 0.6 is 11.8 Å². The number of nitrogens with zero attached hydrogens (tertiary/aromatic N) is 1. The standard InChI is InChI=1S/C7H4F3NO2S/c8-7(9,10)14-6-3-1-2-5(4-6)11(12)13/h1-4H. The summed E-state index contributed by atoms with van der Waals surface area (Å²) in [5.74, 6) is 0. The molecule has 1 aromatic carbocycles. The summed E-state index contributed by atoms with van der Waals surface area (Å²) < 4.78 is 35.6. The van der Waals surface area contributed by atoms with E-state index in [1.807, 2.05) is 0 Å². The zero-order chi connectivity index (χ0) is 10.8.